The summed E-state index contributed by atoms with van der Waals surface area (Å²) in [6.45, 7) is 2.34. The summed E-state index contributed by atoms with van der Waals surface area (Å²) >= 11 is 0. The van der Waals surface area contributed by atoms with E-state index in [1.54, 1.807) is 0 Å². The van der Waals surface area contributed by atoms with Gasteiger partial charge in [0, 0.05) is 13.1 Å². The highest BCUT2D eigenvalue weighted by Gasteiger charge is 2.42. The average molecular weight is 391 g/mol. The first-order valence-corrected chi connectivity index (χ1v) is 11.0. The molecule has 1 amide bonds. The molecule has 0 aromatic heterocycles. The predicted octanol–water partition coefficient (Wildman–Crippen LogP) is 4.04. The van der Waals surface area contributed by atoms with Crippen LogP contribution in [-0.2, 0) is 16.8 Å². The van der Waals surface area contributed by atoms with E-state index in [-0.39, 0.29) is 17.0 Å². The van der Waals surface area contributed by atoms with E-state index in [9.17, 15) is 4.79 Å². The highest BCUT2D eigenvalue weighted by molar-refractivity contribution is 5.79. The van der Waals surface area contributed by atoms with Crippen molar-refractivity contribution < 1.29 is 9.53 Å². The third kappa shape index (κ3) is 3.66. The highest BCUT2D eigenvalue weighted by Crippen LogP contribution is 2.41. The van der Waals surface area contributed by atoms with E-state index in [0.29, 0.717) is 6.54 Å². The zero-order valence-corrected chi connectivity index (χ0v) is 17.0. The lowest BCUT2D eigenvalue weighted by Crippen LogP contribution is -2.55. The van der Waals surface area contributed by atoms with Gasteiger partial charge in [-0.2, -0.15) is 0 Å². The zero-order chi connectivity index (χ0) is 19.7. The standard InChI is InChI=1S/C25H30N2O2/c28-23(26-25(12-6-13-25)21-8-2-1-3-9-21)19-27-17-15-24(16-18-27)14-11-20-7-4-5-10-22(20)29-24/h1-5,7-10H,6,11-19H2,(H,26,28). The first-order valence-electron chi connectivity index (χ1n) is 11.0. The largest absolute Gasteiger partial charge is 0.487 e. The van der Waals surface area contributed by atoms with Crippen LogP contribution in [0.4, 0.5) is 0 Å². The monoisotopic (exact) mass is 390 g/mol. The van der Waals surface area contributed by atoms with Crippen molar-refractivity contribution in [2.24, 2.45) is 0 Å². The van der Waals surface area contributed by atoms with Gasteiger partial charge in [0.2, 0.25) is 5.91 Å². The second kappa shape index (κ2) is 7.49. The Hall–Kier alpha value is -2.33. The van der Waals surface area contributed by atoms with E-state index in [2.05, 4.69) is 58.7 Å². The van der Waals surface area contributed by atoms with Crippen molar-refractivity contribution in [2.75, 3.05) is 19.6 Å². The predicted molar refractivity (Wildman–Crippen MR) is 114 cm³/mol. The number of nitrogens with one attached hydrogen (secondary N) is 1. The third-order valence-electron chi connectivity index (χ3n) is 7.20. The summed E-state index contributed by atoms with van der Waals surface area (Å²) in [6.07, 6.45) is 7.44. The average Bonchev–Trinajstić information content (AvgIpc) is 2.73. The molecule has 1 saturated heterocycles. The molecular weight excluding hydrogens is 360 g/mol. The second-order valence-corrected chi connectivity index (χ2v) is 9.02. The molecule has 152 valence electrons. The molecule has 0 atom stereocenters. The van der Waals surface area contributed by atoms with Crippen LogP contribution in [0.1, 0.15) is 49.7 Å². The first-order chi connectivity index (χ1) is 14.2. The molecule has 4 nitrogen and oxygen atoms in total. The number of aryl methyl sites for hydroxylation is 1. The minimum absolute atomic E-state index is 0.0411. The number of hydrogen-bond donors (Lipinski definition) is 1. The molecule has 1 N–H and O–H groups in total. The van der Waals surface area contributed by atoms with Crippen LogP contribution in [0.3, 0.4) is 0 Å². The van der Waals surface area contributed by atoms with Gasteiger partial charge < -0.3 is 10.1 Å². The Bertz CT molecular complexity index is 867. The summed E-state index contributed by atoms with van der Waals surface area (Å²) in [5.41, 5.74) is 2.38. The molecular formula is C25H30N2O2. The maximum atomic E-state index is 12.8. The van der Waals surface area contributed by atoms with Crippen molar-refractivity contribution in [1.82, 2.24) is 10.2 Å². The van der Waals surface area contributed by atoms with Gasteiger partial charge in [-0.25, -0.2) is 0 Å². The number of carbonyl (C=O) groups excluding carboxylic acids is 1. The number of benzene rings is 2. The Kier molecular flexibility index (Phi) is 4.83. The number of carbonyl (C=O) groups is 1. The topological polar surface area (TPSA) is 41.6 Å². The van der Waals surface area contributed by atoms with Gasteiger partial charge in [-0.15, -0.1) is 0 Å². The van der Waals surface area contributed by atoms with Gasteiger partial charge >= 0.3 is 0 Å². The number of fused-ring (bicyclic) bond motifs is 1. The van der Waals surface area contributed by atoms with Crippen LogP contribution in [0.2, 0.25) is 0 Å². The van der Waals surface area contributed by atoms with Crippen LogP contribution >= 0.6 is 0 Å². The molecule has 2 aromatic carbocycles. The van der Waals surface area contributed by atoms with Crippen molar-refractivity contribution in [3.05, 3.63) is 65.7 Å². The number of para-hydroxylation sites is 1. The molecule has 2 aliphatic heterocycles. The summed E-state index contributed by atoms with van der Waals surface area (Å²) in [7, 11) is 0. The quantitative estimate of drug-likeness (QED) is 0.857. The van der Waals surface area contributed by atoms with Gasteiger partial charge in [0.05, 0.1) is 12.1 Å². The van der Waals surface area contributed by atoms with Gasteiger partial charge in [0.15, 0.2) is 0 Å². The molecule has 4 heteroatoms. The molecule has 0 unspecified atom stereocenters. The van der Waals surface area contributed by atoms with E-state index in [1.807, 2.05) is 6.07 Å². The summed E-state index contributed by atoms with van der Waals surface area (Å²) in [6, 6.07) is 18.9. The molecule has 2 fully saturated rings. The number of ether oxygens (including phenoxy) is 1. The SMILES string of the molecule is O=C(CN1CCC2(CCc3ccccc3O2)CC1)NC1(c2ccccc2)CCC1. The smallest absolute Gasteiger partial charge is 0.234 e. The van der Waals surface area contributed by atoms with Crippen molar-refractivity contribution in [3.63, 3.8) is 0 Å². The fourth-order valence-electron chi connectivity index (χ4n) is 5.21. The molecule has 0 radical (unpaired) electrons. The van der Waals surface area contributed by atoms with Crippen molar-refractivity contribution in [1.29, 1.82) is 0 Å². The Morgan fingerprint density at radius 1 is 0.931 bits per heavy atom. The van der Waals surface area contributed by atoms with Crippen LogP contribution in [0, 0.1) is 0 Å². The molecule has 3 aliphatic rings. The minimum Gasteiger partial charge on any atom is -0.487 e. The number of likely N-dealkylation sites (tertiary alicyclic amines) is 1. The fraction of sp³-hybridized carbons (Fsp3) is 0.480. The van der Waals surface area contributed by atoms with Crippen LogP contribution in [-0.4, -0.2) is 36.0 Å². The number of amides is 1. The number of hydrogen-bond acceptors (Lipinski definition) is 3. The Labute approximate surface area is 173 Å². The van der Waals surface area contributed by atoms with E-state index >= 15 is 0 Å². The van der Waals surface area contributed by atoms with Crippen LogP contribution in [0.5, 0.6) is 5.75 Å². The van der Waals surface area contributed by atoms with Gasteiger partial charge in [-0.05, 0) is 62.1 Å². The lowest BCUT2D eigenvalue weighted by molar-refractivity contribution is -0.126. The summed E-state index contributed by atoms with van der Waals surface area (Å²) in [5.74, 6) is 1.21. The molecule has 2 aromatic rings. The van der Waals surface area contributed by atoms with Crippen molar-refractivity contribution >= 4 is 5.91 Å². The van der Waals surface area contributed by atoms with Gasteiger partial charge in [-0.3, -0.25) is 9.69 Å². The summed E-state index contributed by atoms with van der Waals surface area (Å²) in [4.78, 5) is 15.1. The summed E-state index contributed by atoms with van der Waals surface area (Å²) < 4.78 is 6.45. The maximum Gasteiger partial charge on any atom is 0.234 e. The lowest BCUT2D eigenvalue weighted by atomic mass is 9.72. The number of rotatable bonds is 4. The zero-order valence-electron chi connectivity index (χ0n) is 17.0. The fourth-order valence-corrected chi connectivity index (χ4v) is 5.21. The second-order valence-electron chi connectivity index (χ2n) is 9.02. The van der Waals surface area contributed by atoms with E-state index in [1.165, 1.54) is 17.5 Å². The van der Waals surface area contributed by atoms with Gasteiger partial charge in [-0.1, -0.05) is 48.5 Å². The highest BCUT2D eigenvalue weighted by atomic mass is 16.5. The van der Waals surface area contributed by atoms with Crippen LogP contribution < -0.4 is 10.1 Å². The molecule has 1 saturated carbocycles. The number of piperidine rings is 1. The number of nitrogens with zero attached hydrogens (tertiary/aromatic N) is 1. The van der Waals surface area contributed by atoms with E-state index < -0.39 is 0 Å². The van der Waals surface area contributed by atoms with Gasteiger partial charge in [0.1, 0.15) is 11.4 Å². The lowest BCUT2D eigenvalue weighted by Gasteiger charge is -2.45. The molecule has 0 bridgehead atoms. The first kappa shape index (κ1) is 18.7. The Morgan fingerprint density at radius 2 is 1.66 bits per heavy atom. The third-order valence-corrected chi connectivity index (χ3v) is 7.20. The van der Waals surface area contributed by atoms with E-state index in [0.717, 1.165) is 57.4 Å². The minimum atomic E-state index is -0.147. The van der Waals surface area contributed by atoms with Gasteiger partial charge in [0.25, 0.3) is 0 Å². The van der Waals surface area contributed by atoms with E-state index in [4.69, 9.17) is 4.74 Å². The van der Waals surface area contributed by atoms with Crippen molar-refractivity contribution in [2.45, 2.75) is 56.1 Å². The summed E-state index contributed by atoms with van der Waals surface area (Å²) in [5, 5.41) is 3.37. The Morgan fingerprint density at radius 3 is 2.38 bits per heavy atom. The van der Waals surface area contributed by atoms with Crippen LogP contribution in [0.25, 0.3) is 0 Å². The molecule has 29 heavy (non-hydrogen) atoms. The Balaban J connectivity index is 1.17. The molecule has 2 heterocycles. The normalized spacial score (nSPS) is 22.2. The molecule has 5 rings (SSSR count). The maximum absolute atomic E-state index is 12.8. The van der Waals surface area contributed by atoms with Crippen LogP contribution in [0.15, 0.2) is 54.6 Å². The molecule has 1 spiro atoms. The molecule has 1 aliphatic carbocycles. The van der Waals surface area contributed by atoms with Crippen molar-refractivity contribution in [3.8, 4) is 5.75 Å².